The monoisotopic (exact) mass is 361 g/mol. The van der Waals surface area contributed by atoms with Crippen LogP contribution in [-0.2, 0) is 11.2 Å². The maximum absolute atomic E-state index is 12.2. The number of anilines is 1. The average molecular weight is 362 g/mol. The molecule has 0 aromatic heterocycles. The highest BCUT2D eigenvalue weighted by Gasteiger charge is 2.12. The Kier molecular flexibility index (Phi) is 6.04. The van der Waals surface area contributed by atoms with Crippen molar-refractivity contribution in [3.8, 4) is 5.75 Å². The van der Waals surface area contributed by atoms with E-state index in [9.17, 15) is 14.7 Å². The third-order valence-electron chi connectivity index (χ3n) is 3.93. The van der Waals surface area contributed by atoms with E-state index in [4.69, 9.17) is 16.3 Å². The van der Waals surface area contributed by atoms with Crippen molar-refractivity contribution < 1.29 is 19.4 Å². The van der Waals surface area contributed by atoms with Crippen molar-refractivity contribution in [3.05, 3.63) is 57.6 Å². The van der Waals surface area contributed by atoms with Gasteiger partial charge in [0.25, 0.3) is 0 Å². The van der Waals surface area contributed by atoms with Gasteiger partial charge in [0.2, 0.25) is 5.91 Å². The Morgan fingerprint density at radius 2 is 1.88 bits per heavy atom. The maximum atomic E-state index is 12.2. The first kappa shape index (κ1) is 18.8. The number of aromatic carboxylic acids is 1. The molecule has 0 aliphatic rings. The van der Waals surface area contributed by atoms with Crippen LogP contribution >= 0.6 is 11.6 Å². The SMILES string of the molecule is COc1ccc(CCC(=O)Nc2cc(C(=O)O)c(C)cc2C)cc1Cl. The fraction of sp³-hybridized carbons (Fsp3) is 0.263. The van der Waals surface area contributed by atoms with Crippen molar-refractivity contribution in [2.45, 2.75) is 26.7 Å². The van der Waals surface area contributed by atoms with Gasteiger partial charge >= 0.3 is 5.97 Å². The van der Waals surface area contributed by atoms with E-state index in [0.29, 0.717) is 28.4 Å². The average Bonchev–Trinajstić information content (AvgIpc) is 2.55. The molecule has 0 bridgehead atoms. The Bertz CT molecular complexity index is 817. The van der Waals surface area contributed by atoms with Gasteiger partial charge in [0.1, 0.15) is 5.75 Å². The van der Waals surface area contributed by atoms with Crippen molar-refractivity contribution in [3.63, 3.8) is 0 Å². The quantitative estimate of drug-likeness (QED) is 0.807. The molecule has 0 saturated heterocycles. The van der Waals surface area contributed by atoms with Gasteiger partial charge in [0, 0.05) is 12.1 Å². The lowest BCUT2D eigenvalue weighted by molar-refractivity contribution is -0.116. The predicted octanol–water partition coefficient (Wildman–Crippen LogP) is 4.23. The van der Waals surface area contributed by atoms with E-state index in [1.807, 2.05) is 13.0 Å². The zero-order valence-corrected chi connectivity index (χ0v) is 15.1. The van der Waals surface area contributed by atoms with Crippen LogP contribution in [0.2, 0.25) is 5.02 Å². The topological polar surface area (TPSA) is 75.6 Å². The summed E-state index contributed by atoms with van der Waals surface area (Å²) in [6.07, 6.45) is 0.782. The van der Waals surface area contributed by atoms with E-state index >= 15 is 0 Å². The number of rotatable bonds is 6. The summed E-state index contributed by atoms with van der Waals surface area (Å²) < 4.78 is 5.10. The number of hydrogen-bond donors (Lipinski definition) is 2. The van der Waals surface area contributed by atoms with E-state index in [2.05, 4.69) is 5.32 Å². The first-order valence-corrected chi connectivity index (χ1v) is 8.16. The zero-order chi connectivity index (χ0) is 18.6. The minimum atomic E-state index is -1.01. The van der Waals surface area contributed by atoms with Gasteiger partial charge in [-0.3, -0.25) is 4.79 Å². The van der Waals surface area contributed by atoms with Crippen LogP contribution < -0.4 is 10.1 Å². The van der Waals surface area contributed by atoms with Gasteiger partial charge in [0.15, 0.2) is 0 Å². The summed E-state index contributed by atoms with van der Waals surface area (Å²) in [4.78, 5) is 23.4. The fourth-order valence-corrected chi connectivity index (χ4v) is 2.83. The summed E-state index contributed by atoms with van der Waals surface area (Å²) in [7, 11) is 1.55. The van der Waals surface area contributed by atoms with Crippen molar-refractivity contribution in [2.24, 2.45) is 0 Å². The van der Waals surface area contributed by atoms with Gasteiger partial charge < -0.3 is 15.2 Å². The van der Waals surface area contributed by atoms with Crippen LogP contribution in [0.4, 0.5) is 5.69 Å². The lowest BCUT2D eigenvalue weighted by Gasteiger charge is -2.12. The normalized spacial score (nSPS) is 10.4. The molecule has 1 amide bonds. The number of methoxy groups -OCH3 is 1. The molecule has 0 unspecified atom stereocenters. The van der Waals surface area contributed by atoms with Crippen LogP contribution in [-0.4, -0.2) is 24.1 Å². The summed E-state index contributed by atoms with van der Waals surface area (Å²) in [5.41, 5.74) is 3.11. The second kappa shape index (κ2) is 8.03. The Hall–Kier alpha value is -2.53. The molecule has 0 aliphatic heterocycles. The van der Waals surface area contributed by atoms with Crippen molar-refractivity contribution in [1.29, 1.82) is 0 Å². The third-order valence-corrected chi connectivity index (χ3v) is 4.23. The highest BCUT2D eigenvalue weighted by molar-refractivity contribution is 6.32. The molecule has 2 rings (SSSR count). The minimum absolute atomic E-state index is 0.183. The van der Waals surface area contributed by atoms with Crippen LogP contribution in [0.15, 0.2) is 30.3 Å². The van der Waals surface area contributed by atoms with Gasteiger partial charge in [-0.05, 0) is 55.2 Å². The summed E-state index contributed by atoms with van der Waals surface area (Å²) in [5.74, 6) is -0.609. The first-order valence-electron chi connectivity index (χ1n) is 7.78. The Morgan fingerprint density at radius 1 is 1.16 bits per heavy atom. The lowest BCUT2D eigenvalue weighted by Crippen LogP contribution is -2.14. The summed E-state index contributed by atoms with van der Waals surface area (Å²) in [6, 6.07) is 8.64. The number of carbonyl (C=O) groups is 2. The molecular weight excluding hydrogens is 342 g/mol. The van der Waals surface area contributed by atoms with Crippen molar-refractivity contribution in [2.75, 3.05) is 12.4 Å². The largest absolute Gasteiger partial charge is 0.495 e. The molecule has 0 fully saturated rings. The van der Waals surface area contributed by atoms with Gasteiger partial charge in [0.05, 0.1) is 17.7 Å². The van der Waals surface area contributed by atoms with E-state index in [1.54, 1.807) is 32.2 Å². The number of carbonyl (C=O) groups excluding carboxylic acids is 1. The van der Waals surface area contributed by atoms with Crippen LogP contribution in [0.25, 0.3) is 0 Å². The number of amides is 1. The fourth-order valence-electron chi connectivity index (χ4n) is 2.55. The molecule has 0 aliphatic carbocycles. The number of hydrogen-bond acceptors (Lipinski definition) is 3. The molecule has 0 atom stereocenters. The van der Waals surface area contributed by atoms with Crippen LogP contribution in [0, 0.1) is 13.8 Å². The molecule has 25 heavy (non-hydrogen) atoms. The van der Waals surface area contributed by atoms with Gasteiger partial charge in [-0.25, -0.2) is 4.79 Å². The van der Waals surface area contributed by atoms with E-state index in [1.165, 1.54) is 6.07 Å². The molecule has 5 nitrogen and oxygen atoms in total. The molecule has 0 saturated carbocycles. The van der Waals surface area contributed by atoms with E-state index in [0.717, 1.165) is 11.1 Å². The van der Waals surface area contributed by atoms with Crippen molar-refractivity contribution in [1.82, 2.24) is 0 Å². The first-order chi connectivity index (χ1) is 11.8. The van der Waals surface area contributed by atoms with Crippen LogP contribution in [0.5, 0.6) is 5.75 Å². The maximum Gasteiger partial charge on any atom is 0.336 e. The molecule has 2 aromatic carbocycles. The molecule has 2 N–H and O–H groups in total. The number of carboxylic acid groups (broad SMARTS) is 1. The summed E-state index contributed by atoms with van der Waals surface area (Å²) >= 11 is 6.08. The third kappa shape index (κ3) is 4.73. The van der Waals surface area contributed by atoms with Gasteiger partial charge in [-0.15, -0.1) is 0 Å². The lowest BCUT2D eigenvalue weighted by atomic mass is 10.0. The van der Waals surface area contributed by atoms with Crippen molar-refractivity contribution >= 4 is 29.2 Å². The highest BCUT2D eigenvalue weighted by Crippen LogP contribution is 2.26. The summed E-state index contributed by atoms with van der Waals surface area (Å²) in [5, 5.41) is 12.5. The van der Waals surface area contributed by atoms with Crippen LogP contribution in [0.1, 0.15) is 33.5 Å². The molecule has 6 heteroatoms. The minimum Gasteiger partial charge on any atom is -0.495 e. The molecule has 0 spiro atoms. The number of carboxylic acids is 1. The predicted molar refractivity (Wildman–Crippen MR) is 97.8 cm³/mol. The molecule has 132 valence electrons. The molecule has 2 aromatic rings. The number of aryl methyl sites for hydroxylation is 3. The number of benzene rings is 2. The Balaban J connectivity index is 2.04. The molecule has 0 heterocycles. The number of halogens is 1. The highest BCUT2D eigenvalue weighted by atomic mass is 35.5. The standard InChI is InChI=1S/C19H20ClNO4/c1-11-8-12(2)16(10-14(11)19(23)24)21-18(22)7-5-13-4-6-17(25-3)15(20)9-13/h4,6,8-10H,5,7H2,1-3H3,(H,21,22)(H,23,24). The Labute approximate surface area is 151 Å². The van der Waals surface area contributed by atoms with Gasteiger partial charge in [-0.1, -0.05) is 23.7 Å². The smallest absolute Gasteiger partial charge is 0.336 e. The number of nitrogens with one attached hydrogen (secondary N) is 1. The second-order valence-corrected chi connectivity index (χ2v) is 6.21. The number of ether oxygens (including phenoxy) is 1. The van der Waals surface area contributed by atoms with E-state index < -0.39 is 5.97 Å². The van der Waals surface area contributed by atoms with Crippen LogP contribution in [0.3, 0.4) is 0 Å². The molecular formula is C19H20ClNO4. The van der Waals surface area contributed by atoms with Gasteiger partial charge in [-0.2, -0.15) is 0 Å². The second-order valence-electron chi connectivity index (χ2n) is 5.80. The van der Waals surface area contributed by atoms with E-state index in [-0.39, 0.29) is 17.9 Å². The zero-order valence-electron chi connectivity index (χ0n) is 14.4. The molecule has 0 radical (unpaired) electrons. The summed E-state index contributed by atoms with van der Waals surface area (Å²) in [6.45, 7) is 3.56. The Morgan fingerprint density at radius 3 is 2.48 bits per heavy atom.